The summed E-state index contributed by atoms with van der Waals surface area (Å²) in [6.07, 6.45) is 1.57. The number of hydrogen-bond acceptors (Lipinski definition) is 2. The molecule has 0 aliphatic carbocycles. The minimum absolute atomic E-state index is 0.0527. The summed E-state index contributed by atoms with van der Waals surface area (Å²) in [6, 6.07) is 0. The number of carbonyl (C=O) groups is 1. The Morgan fingerprint density at radius 2 is 1.90 bits per heavy atom. The molecule has 1 amide bonds. The Morgan fingerprint density at radius 1 is 1.50 bits per heavy atom. The lowest BCUT2D eigenvalue weighted by Gasteiger charge is -2.04. The number of rotatable bonds is 1. The normalized spacial score (nSPS) is 8.50. The summed E-state index contributed by atoms with van der Waals surface area (Å²) in [5.74, 6) is -0.0527. The predicted molar refractivity (Wildman–Crippen MR) is 44.0 cm³/mol. The van der Waals surface area contributed by atoms with Crippen LogP contribution in [0.15, 0.2) is 5.10 Å². The van der Waals surface area contributed by atoms with Crippen LogP contribution in [0.25, 0.3) is 0 Å². The minimum atomic E-state index is -0.0527. The number of nitrogens with zero attached hydrogens (tertiary/aromatic N) is 2. The average Bonchev–Trinajstić information content (AvgIpc) is 1.93. The van der Waals surface area contributed by atoms with E-state index in [1.54, 1.807) is 20.2 Å². The molecule has 0 aromatic heterocycles. The van der Waals surface area contributed by atoms with Crippen LogP contribution in [0.1, 0.15) is 27.7 Å². The highest BCUT2D eigenvalue weighted by atomic mass is 16.2. The van der Waals surface area contributed by atoms with Crippen LogP contribution in [0.5, 0.6) is 0 Å². The molecule has 0 heterocycles. The summed E-state index contributed by atoms with van der Waals surface area (Å²) < 4.78 is 0. The zero-order chi connectivity index (χ0) is 8.57. The molecule has 0 aromatic rings. The molecule has 0 aromatic carbocycles. The molecule has 3 heteroatoms. The van der Waals surface area contributed by atoms with Crippen LogP contribution >= 0.6 is 0 Å². The van der Waals surface area contributed by atoms with Gasteiger partial charge in [-0.25, -0.2) is 5.01 Å². The second-order valence-corrected chi connectivity index (χ2v) is 1.42. The Balaban J connectivity index is 0. The molecule has 0 bridgehead atoms. The van der Waals surface area contributed by atoms with E-state index in [4.69, 9.17) is 0 Å². The van der Waals surface area contributed by atoms with Crippen molar-refractivity contribution in [3.63, 3.8) is 0 Å². The van der Waals surface area contributed by atoms with Crippen molar-refractivity contribution in [2.45, 2.75) is 27.7 Å². The summed E-state index contributed by atoms with van der Waals surface area (Å²) in [5.41, 5.74) is 0. The molecule has 0 radical (unpaired) electrons. The number of carbonyl (C=O) groups excluding carboxylic acids is 1. The first-order valence-corrected chi connectivity index (χ1v) is 3.41. The molecule has 0 fully saturated rings. The van der Waals surface area contributed by atoms with Crippen molar-refractivity contribution < 1.29 is 4.79 Å². The Bertz CT molecular complexity index is 110. The van der Waals surface area contributed by atoms with Gasteiger partial charge in [0.15, 0.2) is 0 Å². The second-order valence-electron chi connectivity index (χ2n) is 1.42. The zero-order valence-corrected chi connectivity index (χ0v) is 7.38. The molecular formula is C7H16N2O. The molecule has 0 rings (SSSR count). The third-order valence-corrected chi connectivity index (χ3v) is 0.744. The van der Waals surface area contributed by atoms with Crippen molar-refractivity contribution in [1.82, 2.24) is 5.01 Å². The van der Waals surface area contributed by atoms with Crippen molar-refractivity contribution in [3.8, 4) is 0 Å². The van der Waals surface area contributed by atoms with Gasteiger partial charge in [-0.05, 0) is 6.92 Å². The molecule has 0 atom stereocenters. The molecule has 60 valence electrons. The average molecular weight is 144 g/mol. The highest BCUT2D eigenvalue weighted by molar-refractivity contribution is 5.73. The van der Waals surface area contributed by atoms with Gasteiger partial charge in [-0.1, -0.05) is 13.8 Å². The Kier molecular flexibility index (Phi) is 9.67. The monoisotopic (exact) mass is 144 g/mol. The molecule has 0 saturated carbocycles. The summed E-state index contributed by atoms with van der Waals surface area (Å²) in [4.78, 5) is 10.3. The van der Waals surface area contributed by atoms with Crippen molar-refractivity contribution in [2.24, 2.45) is 5.10 Å². The Hall–Kier alpha value is -0.860. The molecule has 0 spiro atoms. The fraction of sp³-hybridized carbons (Fsp3) is 0.714. The fourth-order valence-corrected chi connectivity index (χ4v) is 0.255. The van der Waals surface area contributed by atoms with Crippen LogP contribution < -0.4 is 0 Å². The van der Waals surface area contributed by atoms with Crippen LogP contribution in [-0.2, 0) is 4.79 Å². The SMILES string of the molecule is C/C=N\N(C)C(C)=O.CC. The van der Waals surface area contributed by atoms with Crippen LogP contribution in [0.2, 0.25) is 0 Å². The van der Waals surface area contributed by atoms with E-state index in [0.29, 0.717) is 0 Å². The van der Waals surface area contributed by atoms with Crippen LogP contribution in [0.3, 0.4) is 0 Å². The van der Waals surface area contributed by atoms with E-state index >= 15 is 0 Å². The third-order valence-electron chi connectivity index (χ3n) is 0.744. The number of hydrazone groups is 1. The van der Waals surface area contributed by atoms with E-state index < -0.39 is 0 Å². The molecule has 10 heavy (non-hydrogen) atoms. The van der Waals surface area contributed by atoms with Crippen molar-refractivity contribution in [1.29, 1.82) is 0 Å². The third kappa shape index (κ3) is 7.14. The maximum absolute atomic E-state index is 10.3. The van der Waals surface area contributed by atoms with Gasteiger partial charge < -0.3 is 0 Å². The standard InChI is InChI=1S/C5H10N2O.C2H6/c1-4-6-7(3)5(2)8;1-2/h4H,1-3H3;1-2H3/b6-4-;. The number of hydrogen-bond donors (Lipinski definition) is 0. The van der Waals surface area contributed by atoms with Crippen molar-refractivity contribution >= 4 is 12.1 Å². The van der Waals surface area contributed by atoms with Gasteiger partial charge in [-0.15, -0.1) is 0 Å². The first-order chi connectivity index (χ1) is 4.68. The Morgan fingerprint density at radius 3 is 2.00 bits per heavy atom. The van der Waals surface area contributed by atoms with E-state index in [-0.39, 0.29) is 5.91 Å². The van der Waals surface area contributed by atoms with E-state index in [1.807, 2.05) is 13.8 Å². The predicted octanol–water partition coefficient (Wildman–Crippen LogP) is 1.50. The van der Waals surface area contributed by atoms with Gasteiger partial charge in [-0.3, -0.25) is 4.79 Å². The van der Waals surface area contributed by atoms with Gasteiger partial charge in [0.1, 0.15) is 0 Å². The van der Waals surface area contributed by atoms with Crippen molar-refractivity contribution in [3.05, 3.63) is 0 Å². The zero-order valence-electron chi connectivity index (χ0n) is 7.38. The largest absolute Gasteiger partial charge is 0.273 e. The molecule has 0 unspecified atom stereocenters. The molecule has 0 N–H and O–H groups in total. The van der Waals surface area contributed by atoms with E-state index in [1.165, 1.54) is 11.9 Å². The lowest BCUT2D eigenvalue weighted by Crippen LogP contribution is -2.16. The van der Waals surface area contributed by atoms with Gasteiger partial charge in [0.05, 0.1) is 0 Å². The minimum Gasteiger partial charge on any atom is -0.273 e. The highest BCUT2D eigenvalue weighted by Crippen LogP contribution is 1.80. The van der Waals surface area contributed by atoms with E-state index in [9.17, 15) is 4.79 Å². The second kappa shape index (κ2) is 8.14. The molecular weight excluding hydrogens is 128 g/mol. The quantitative estimate of drug-likeness (QED) is 0.405. The van der Waals surface area contributed by atoms with Gasteiger partial charge >= 0.3 is 0 Å². The topological polar surface area (TPSA) is 32.7 Å². The van der Waals surface area contributed by atoms with E-state index in [0.717, 1.165) is 0 Å². The fourth-order valence-electron chi connectivity index (χ4n) is 0.255. The summed E-state index contributed by atoms with van der Waals surface area (Å²) in [5, 5.41) is 4.96. The van der Waals surface area contributed by atoms with Gasteiger partial charge in [0.2, 0.25) is 5.91 Å². The summed E-state index contributed by atoms with van der Waals surface area (Å²) in [7, 11) is 1.61. The smallest absolute Gasteiger partial charge is 0.239 e. The number of amides is 1. The van der Waals surface area contributed by atoms with Crippen LogP contribution in [0.4, 0.5) is 0 Å². The van der Waals surface area contributed by atoms with Crippen LogP contribution in [-0.4, -0.2) is 24.2 Å². The first kappa shape index (κ1) is 11.9. The molecule has 3 nitrogen and oxygen atoms in total. The van der Waals surface area contributed by atoms with Gasteiger partial charge in [-0.2, -0.15) is 5.10 Å². The lowest BCUT2D eigenvalue weighted by molar-refractivity contribution is -0.127. The summed E-state index contributed by atoms with van der Waals surface area (Å²) in [6.45, 7) is 7.23. The lowest BCUT2D eigenvalue weighted by atomic mass is 10.7. The van der Waals surface area contributed by atoms with Crippen LogP contribution in [0, 0.1) is 0 Å². The maximum atomic E-state index is 10.3. The molecule has 0 aliphatic rings. The summed E-state index contributed by atoms with van der Waals surface area (Å²) >= 11 is 0. The first-order valence-electron chi connectivity index (χ1n) is 3.41. The highest BCUT2D eigenvalue weighted by Gasteiger charge is 1.93. The van der Waals surface area contributed by atoms with Gasteiger partial charge in [0.25, 0.3) is 0 Å². The molecule has 0 saturated heterocycles. The maximum Gasteiger partial charge on any atom is 0.239 e. The van der Waals surface area contributed by atoms with Gasteiger partial charge in [0, 0.05) is 20.2 Å². The molecule has 0 aliphatic heterocycles. The Labute approximate surface area is 62.7 Å². The van der Waals surface area contributed by atoms with Crippen molar-refractivity contribution in [2.75, 3.05) is 7.05 Å². The van der Waals surface area contributed by atoms with E-state index in [2.05, 4.69) is 5.10 Å².